The molecule has 0 radical (unpaired) electrons. The Balaban J connectivity index is 3.25. The van der Waals surface area contributed by atoms with Crippen LogP contribution in [0.4, 0.5) is 0 Å². The van der Waals surface area contributed by atoms with Gasteiger partial charge < -0.3 is 0 Å². The van der Waals surface area contributed by atoms with Gasteiger partial charge in [0.05, 0.1) is 0 Å². The molecule has 0 aliphatic heterocycles. The van der Waals surface area contributed by atoms with Gasteiger partial charge in [-0.3, -0.25) is 0 Å². The van der Waals surface area contributed by atoms with Gasteiger partial charge in [-0.25, -0.2) is 0 Å². The van der Waals surface area contributed by atoms with E-state index in [1.807, 2.05) is 0 Å². The highest BCUT2D eigenvalue weighted by Gasteiger charge is 1.98. The van der Waals surface area contributed by atoms with E-state index in [1.165, 1.54) is 263 Å². The summed E-state index contributed by atoms with van der Waals surface area (Å²) in [6.45, 7) is 6.97. The van der Waals surface area contributed by atoms with Crippen LogP contribution in [0.15, 0.2) is 24.3 Å². The predicted octanol–water partition coefficient (Wildman–Crippen LogP) is 18.8. The minimum absolute atomic E-state index is 0.602. The van der Waals surface area contributed by atoms with Crippen molar-refractivity contribution in [2.45, 2.75) is 284 Å². The van der Waals surface area contributed by atoms with E-state index < -0.39 is 0 Å². The molecule has 0 aromatic rings. The van der Waals surface area contributed by atoms with Crippen LogP contribution < -0.4 is 0 Å². The summed E-state index contributed by atoms with van der Waals surface area (Å²) < 4.78 is 0. The van der Waals surface area contributed by atoms with Crippen LogP contribution in [0.5, 0.6) is 0 Å². The van der Waals surface area contributed by atoms with Crippen molar-refractivity contribution >= 4 is 0 Å². The van der Waals surface area contributed by atoms with Gasteiger partial charge in [-0.05, 0) is 31.6 Å². The molecule has 0 nitrogen and oxygen atoms in total. The molecule has 1 unspecified atom stereocenters. The number of unbranched alkanes of at least 4 members (excludes halogenated alkanes) is 39. The molecule has 0 fully saturated rings. The molecule has 0 rings (SSSR count). The molecule has 0 saturated carbocycles. The molecule has 1 atom stereocenters. The lowest BCUT2D eigenvalue weighted by atomic mass is 10.0. The zero-order chi connectivity index (χ0) is 35.4. The van der Waals surface area contributed by atoms with Crippen LogP contribution in [0.1, 0.15) is 284 Å². The first-order valence-corrected chi connectivity index (χ1v) is 23.6. The van der Waals surface area contributed by atoms with Crippen molar-refractivity contribution in [3.63, 3.8) is 0 Å². The fraction of sp³-hybridized carbons (Fsp3) is 0.918. The normalized spacial score (nSPS) is 12.6. The second-order valence-electron chi connectivity index (χ2n) is 16.4. The van der Waals surface area contributed by atoms with E-state index in [2.05, 4.69) is 45.1 Å². The molecular formula is C49H96. The minimum atomic E-state index is 0.602. The van der Waals surface area contributed by atoms with E-state index >= 15 is 0 Å². The zero-order valence-corrected chi connectivity index (χ0v) is 34.9. The van der Waals surface area contributed by atoms with E-state index in [9.17, 15) is 0 Å². The second kappa shape index (κ2) is 45.5. The van der Waals surface area contributed by atoms with E-state index in [4.69, 9.17) is 0 Å². The predicted molar refractivity (Wildman–Crippen MR) is 228 cm³/mol. The summed E-state index contributed by atoms with van der Waals surface area (Å²) in [5.74, 6) is 0.602. The summed E-state index contributed by atoms with van der Waals surface area (Å²) in [4.78, 5) is 0. The lowest BCUT2D eigenvalue weighted by Gasteiger charge is -2.04. The van der Waals surface area contributed by atoms with Crippen molar-refractivity contribution in [3.8, 4) is 0 Å². The topological polar surface area (TPSA) is 0 Å². The summed E-state index contributed by atoms with van der Waals surface area (Å²) in [5, 5.41) is 0. The first kappa shape index (κ1) is 48.5. The van der Waals surface area contributed by atoms with Gasteiger partial charge in [-0.1, -0.05) is 283 Å². The van der Waals surface area contributed by atoms with Gasteiger partial charge >= 0.3 is 0 Å². The SMILES string of the molecule is CCCCCCCCCCCCCCCCCCCCCC=CC(C)C=CCCCCCCCCCCCCCCCCCCCCCC. The van der Waals surface area contributed by atoms with Crippen LogP contribution in [-0.4, -0.2) is 0 Å². The monoisotopic (exact) mass is 685 g/mol. The third-order valence-corrected chi connectivity index (χ3v) is 11.1. The van der Waals surface area contributed by atoms with Crippen molar-refractivity contribution in [2.75, 3.05) is 0 Å². The Morgan fingerprint density at radius 2 is 0.408 bits per heavy atom. The summed E-state index contributed by atoms with van der Waals surface area (Å²) in [7, 11) is 0. The molecule has 0 heterocycles. The molecule has 49 heavy (non-hydrogen) atoms. The van der Waals surface area contributed by atoms with E-state index in [1.54, 1.807) is 0 Å². The Labute approximate surface area is 313 Å². The summed E-state index contributed by atoms with van der Waals surface area (Å²) in [5.41, 5.74) is 0. The quantitative estimate of drug-likeness (QED) is 0.0443. The Kier molecular flexibility index (Phi) is 45.0. The minimum Gasteiger partial charge on any atom is -0.0880 e. The Bertz CT molecular complexity index is 614. The molecule has 0 bridgehead atoms. The van der Waals surface area contributed by atoms with Crippen LogP contribution in [0.2, 0.25) is 0 Å². The average molecular weight is 685 g/mol. The molecule has 0 aliphatic carbocycles. The molecule has 0 heteroatoms. The Hall–Kier alpha value is -0.520. The zero-order valence-electron chi connectivity index (χ0n) is 34.9. The van der Waals surface area contributed by atoms with Crippen LogP contribution in [0.25, 0.3) is 0 Å². The molecule has 0 amide bonds. The number of hydrogen-bond donors (Lipinski definition) is 0. The van der Waals surface area contributed by atoms with Crippen molar-refractivity contribution < 1.29 is 0 Å². The highest BCUT2D eigenvalue weighted by atomic mass is 14.0. The number of allylic oxidation sites excluding steroid dienone is 4. The fourth-order valence-corrected chi connectivity index (χ4v) is 7.54. The van der Waals surface area contributed by atoms with Crippen molar-refractivity contribution in [3.05, 3.63) is 24.3 Å². The van der Waals surface area contributed by atoms with Crippen LogP contribution >= 0.6 is 0 Å². The fourth-order valence-electron chi connectivity index (χ4n) is 7.54. The third kappa shape index (κ3) is 45.5. The first-order valence-electron chi connectivity index (χ1n) is 23.6. The van der Waals surface area contributed by atoms with Crippen molar-refractivity contribution in [1.82, 2.24) is 0 Å². The Morgan fingerprint density at radius 3 is 0.592 bits per heavy atom. The van der Waals surface area contributed by atoms with Gasteiger partial charge in [0.15, 0.2) is 0 Å². The van der Waals surface area contributed by atoms with Gasteiger partial charge in [-0.15, -0.1) is 0 Å². The summed E-state index contributed by atoms with van der Waals surface area (Å²) in [6.07, 6.45) is 69.3. The molecule has 0 saturated heterocycles. The van der Waals surface area contributed by atoms with E-state index in [-0.39, 0.29) is 0 Å². The van der Waals surface area contributed by atoms with Gasteiger partial charge in [0.2, 0.25) is 0 Å². The highest BCUT2D eigenvalue weighted by molar-refractivity contribution is 4.98. The van der Waals surface area contributed by atoms with Gasteiger partial charge in [0.1, 0.15) is 0 Å². The number of hydrogen-bond acceptors (Lipinski definition) is 0. The van der Waals surface area contributed by atoms with Crippen LogP contribution in [0, 0.1) is 5.92 Å². The summed E-state index contributed by atoms with van der Waals surface area (Å²) in [6, 6.07) is 0. The van der Waals surface area contributed by atoms with Crippen molar-refractivity contribution in [1.29, 1.82) is 0 Å². The highest BCUT2D eigenvalue weighted by Crippen LogP contribution is 2.17. The smallest absolute Gasteiger partial charge is 0.00819 e. The molecule has 0 aromatic carbocycles. The van der Waals surface area contributed by atoms with Gasteiger partial charge in [0, 0.05) is 0 Å². The molecule has 292 valence electrons. The summed E-state index contributed by atoms with van der Waals surface area (Å²) >= 11 is 0. The number of rotatable bonds is 43. The second-order valence-corrected chi connectivity index (χ2v) is 16.4. The standard InChI is InChI=1S/C49H96/c1-4-6-8-10-12-14-16-18-20-22-24-26-28-30-32-34-36-38-40-42-44-46-48-49(3)47-45-43-41-39-37-35-33-31-29-27-25-23-21-19-17-15-13-11-9-7-5-2/h45-49H,4-44H2,1-3H3. The largest absolute Gasteiger partial charge is 0.0880 e. The molecule has 0 aromatic heterocycles. The van der Waals surface area contributed by atoms with E-state index in [0.29, 0.717) is 5.92 Å². The van der Waals surface area contributed by atoms with Crippen LogP contribution in [-0.2, 0) is 0 Å². The van der Waals surface area contributed by atoms with Gasteiger partial charge in [0.25, 0.3) is 0 Å². The van der Waals surface area contributed by atoms with Crippen molar-refractivity contribution in [2.24, 2.45) is 5.92 Å². The third-order valence-electron chi connectivity index (χ3n) is 11.1. The maximum Gasteiger partial charge on any atom is -0.00819 e. The molecule has 0 N–H and O–H groups in total. The molecule has 0 spiro atoms. The lowest BCUT2D eigenvalue weighted by molar-refractivity contribution is 0.522. The molecular weight excluding hydrogens is 589 g/mol. The maximum atomic E-state index is 2.45. The maximum absolute atomic E-state index is 2.45. The van der Waals surface area contributed by atoms with Crippen LogP contribution in [0.3, 0.4) is 0 Å². The molecule has 0 aliphatic rings. The van der Waals surface area contributed by atoms with Gasteiger partial charge in [-0.2, -0.15) is 0 Å². The van der Waals surface area contributed by atoms with E-state index in [0.717, 1.165) is 0 Å². The first-order chi connectivity index (χ1) is 24.3. The Morgan fingerprint density at radius 1 is 0.245 bits per heavy atom. The average Bonchev–Trinajstić information content (AvgIpc) is 3.11. The lowest BCUT2D eigenvalue weighted by Crippen LogP contribution is -1.85.